The summed E-state index contributed by atoms with van der Waals surface area (Å²) in [4.78, 5) is 11.5. The summed E-state index contributed by atoms with van der Waals surface area (Å²) < 4.78 is 17.0. The smallest absolute Gasteiger partial charge is 0.407 e. The Morgan fingerprint density at radius 1 is 1.27 bits per heavy atom. The van der Waals surface area contributed by atoms with E-state index < -0.39 is 6.09 Å². The summed E-state index contributed by atoms with van der Waals surface area (Å²) >= 11 is 0. The highest BCUT2D eigenvalue weighted by molar-refractivity contribution is 5.67. The van der Waals surface area contributed by atoms with Gasteiger partial charge in [-0.25, -0.2) is 4.79 Å². The van der Waals surface area contributed by atoms with E-state index in [1.165, 1.54) is 5.56 Å². The number of alkyl carbamates (subject to hydrolysis) is 1. The monoisotopic (exact) mass is 307 g/mol. The number of ether oxygens (including phenoxy) is 3. The Bertz CT molecular complexity index is 496. The van der Waals surface area contributed by atoms with Crippen LogP contribution in [0.3, 0.4) is 0 Å². The highest BCUT2D eigenvalue weighted by Gasteiger charge is 2.51. The Kier molecular flexibility index (Phi) is 4.92. The van der Waals surface area contributed by atoms with Gasteiger partial charge in [-0.15, -0.1) is 0 Å². The van der Waals surface area contributed by atoms with Crippen LogP contribution in [0.25, 0.3) is 0 Å². The summed E-state index contributed by atoms with van der Waals surface area (Å²) in [6.45, 7) is 4.33. The predicted molar refractivity (Wildman–Crippen MR) is 79.3 cm³/mol. The molecule has 6 nitrogen and oxygen atoms in total. The van der Waals surface area contributed by atoms with Crippen molar-refractivity contribution in [2.75, 3.05) is 19.8 Å². The molecule has 1 aromatic rings. The minimum atomic E-state index is -0.405. The minimum Gasteiger partial charge on any atom is -0.441 e. The van der Waals surface area contributed by atoms with Gasteiger partial charge in [0.25, 0.3) is 0 Å². The van der Waals surface area contributed by atoms with Gasteiger partial charge in [0.05, 0.1) is 6.61 Å². The minimum absolute atomic E-state index is 0.0110. The van der Waals surface area contributed by atoms with Crippen molar-refractivity contribution in [3.05, 3.63) is 35.9 Å². The van der Waals surface area contributed by atoms with Crippen LogP contribution in [0.15, 0.2) is 30.3 Å². The number of nitrogens with two attached hydrogens (primary N) is 1. The van der Waals surface area contributed by atoms with E-state index in [0.29, 0.717) is 19.8 Å². The molecule has 22 heavy (non-hydrogen) atoms. The maximum Gasteiger partial charge on any atom is 0.407 e. The lowest BCUT2D eigenvalue weighted by Gasteiger charge is -2.16. The van der Waals surface area contributed by atoms with Gasteiger partial charge in [0.2, 0.25) is 0 Å². The molecule has 4 atom stereocenters. The lowest BCUT2D eigenvalue weighted by Crippen LogP contribution is -2.91. The van der Waals surface area contributed by atoms with E-state index in [0.717, 1.165) is 6.54 Å². The maximum atomic E-state index is 11.5. The first-order chi connectivity index (χ1) is 10.8. The maximum absolute atomic E-state index is 11.5. The summed E-state index contributed by atoms with van der Waals surface area (Å²) in [5.74, 6) is 0. The fourth-order valence-electron chi connectivity index (χ4n) is 3.02. The van der Waals surface area contributed by atoms with Crippen molar-refractivity contribution in [2.24, 2.45) is 0 Å². The number of hydrogen-bond donors (Lipinski definition) is 2. The van der Waals surface area contributed by atoms with Crippen LogP contribution in [0.5, 0.6) is 0 Å². The van der Waals surface area contributed by atoms with Gasteiger partial charge in [-0.2, -0.15) is 0 Å². The molecular weight excluding hydrogens is 284 g/mol. The second-order valence-electron chi connectivity index (χ2n) is 5.66. The van der Waals surface area contributed by atoms with Crippen molar-refractivity contribution in [1.29, 1.82) is 0 Å². The average Bonchev–Trinajstić information content (AvgIpc) is 3.10. The fourth-order valence-corrected chi connectivity index (χ4v) is 3.02. The van der Waals surface area contributed by atoms with Crippen molar-refractivity contribution >= 4 is 6.09 Å². The molecule has 3 rings (SSSR count). The van der Waals surface area contributed by atoms with Crippen molar-refractivity contribution < 1.29 is 24.3 Å². The van der Waals surface area contributed by atoms with Crippen LogP contribution in [0.1, 0.15) is 12.5 Å². The van der Waals surface area contributed by atoms with Gasteiger partial charge >= 0.3 is 6.09 Å². The predicted octanol–water partition coefficient (Wildman–Crippen LogP) is 0.0309. The van der Waals surface area contributed by atoms with Crippen LogP contribution in [0.2, 0.25) is 0 Å². The standard InChI is InChI=1S/C16H22N2O4/c1-2-17-16(19)22-13-10-21-14-12(9-20-15(13)14)18-8-11-6-4-3-5-7-11/h3-7,12-15,18H,2,8-10H2,1H3,(H,17,19)/p+1/t12-,13+,14+,15+/m0/s1. The van der Waals surface area contributed by atoms with Crippen molar-refractivity contribution in [1.82, 2.24) is 5.32 Å². The highest BCUT2D eigenvalue weighted by Crippen LogP contribution is 2.27. The first-order valence-electron chi connectivity index (χ1n) is 7.83. The molecule has 2 heterocycles. The molecule has 2 fully saturated rings. The van der Waals surface area contributed by atoms with Crippen LogP contribution in [0, 0.1) is 0 Å². The van der Waals surface area contributed by atoms with Crippen LogP contribution >= 0.6 is 0 Å². The number of fused-ring (bicyclic) bond motifs is 1. The molecule has 1 amide bonds. The molecule has 2 aliphatic rings. The Morgan fingerprint density at radius 3 is 2.82 bits per heavy atom. The van der Waals surface area contributed by atoms with Crippen LogP contribution in [0.4, 0.5) is 4.79 Å². The Hall–Kier alpha value is -1.63. The lowest BCUT2D eigenvalue weighted by atomic mass is 10.1. The van der Waals surface area contributed by atoms with Crippen molar-refractivity contribution in [3.8, 4) is 0 Å². The molecule has 120 valence electrons. The first-order valence-corrected chi connectivity index (χ1v) is 7.83. The number of amides is 1. The third-order valence-corrected chi connectivity index (χ3v) is 4.12. The van der Waals surface area contributed by atoms with Gasteiger partial charge in [-0.1, -0.05) is 30.3 Å². The van der Waals surface area contributed by atoms with Gasteiger partial charge < -0.3 is 24.8 Å². The average molecular weight is 307 g/mol. The normalized spacial score (nSPS) is 30.0. The molecule has 0 aliphatic carbocycles. The Morgan fingerprint density at radius 2 is 2.05 bits per heavy atom. The number of rotatable bonds is 5. The van der Waals surface area contributed by atoms with Gasteiger partial charge in [0.1, 0.15) is 31.4 Å². The zero-order valence-corrected chi connectivity index (χ0v) is 12.7. The largest absolute Gasteiger partial charge is 0.441 e. The number of nitrogens with one attached hydrogen (secondary N) is 1. The van der Waals surface area contributed by atoms with E-state index in [4.69, 9.17) is 14.2 Å². The molecule has 3 N–H and O–H groups in total. The Balaban J connectivity index is 1.50. The van der Waals surface area contributed by atoms with Crippen molar-refractivity contribution in [2.45, 2.75) is 37.8 Å². The second kappa shape index (κ2) is 7.09. The van der Waals surface area contributed by atoms with E-state index in [-0.39, 0.29) is 24.4 Å². The van der Waals surface area contributed by atoms with Crippen LogP contribution in [-0.4, -0.2) is 50.2 Å². The molecule has 0 bridgehead atoms. The molecule has 1 aromatic carbocycles. The summed E-state index contributed by atoms with van der Waals surface area (Å²) in [5, 5.41) is 4.87. The van der Waals surface area contributed by atoms with Gasteiger partial charge in [0.15, 0.2) is 6.10 Å². The van der Waals surface area contributed by atoms with Crippen molar-refractivity contribution in [3.63, 3.8) is 0 Å². The summed E-state index contributed by atoms with van der Waals surface area (Å²) in [6, 6.07) is 10.6. The van der Waals surface area contributed by atoms with E-state index in [1.54, 1.807) is 0 Å². The lowest BCUT2D eigenvalue weighted by molar-refractivity contribution is -0.707. The molecule has 0 aromatic heterocycles. The zero-order chi connectivity index (χ0) is 15.4. The third kappa shape index (κ3) is 3.40. The molecule has 2 saturated heterocycles. The number of carbonyl (C=O) groups excluding carboxylic acids is 1. The van der Waals surface area contributed by atoms with Crippen LogP contribution < -0.4 is 10.6 Å². The van der Waals surface area contributed by atoms with E-state index in [1.807, 2.05) is 25.1 Å². The Labute approximate surface area is 130 Å². The molecule has 0 saturated carbocycles. The highest BCUT2D eigenvalue weighted by atomic mass is 16.6. The van der Waals surface area contributed by atoms with Crippen LogP contribution in [-0.2, 0) is 20.8 Å². The molecule has 6 heteroatoms. The SMILES string of the molecule is CCNC(=O)O[C@@H]1CO[C@H]2[C@@H]1OC[C@@H]2[NH2+]Cc1ccccc1. The molecule has 0 radical (unpaired) electrons. The fraction of sp³-hybridized carbons (Fsp3) is 0.562. The van der Waals surface area contributed by atoms with Gasteiger partial charge in [-0.05, 0) is 6.92 Å². The topological polar surface area (TPSA) is 73.4 Å². The molecule has 0 unspecified atom stereocenters. The quantitative estimate of drug-likeness (QED) is 0.805. The zero-order valence-electron chi connectivity index (χ0n) is 12.7. The number of carbonyl (C=O) groups is 1. The van der Waals surface area contributed by atoms with E-state index >= 15 is 0 Å². The third-order valence-electron chi connectivity index (χ3n) is 4.12. The summed E-state index contributed by atoms with van der Waals surface area (Å²) in [5.41, 5.74) is 1.28. The number of benzene rings is 1. The summed E-state index contributed by atoms with van der Waals surface area (Å²) in [6.07, 6.45) is -0.883. The molecule has 0 spiro atoms. The molecular formula is C16H23N2O4+. The number of quaternary nitrogens is 1. The number of hydrogen-bond acceptors (Lipinski definition) is 4. The summed E-state index contributed by atoms with van der Waals surface area (Å²) in [7, 11) is 0. The van der Waals surface area contributed by atoms with Gasteiger partial charge in [0, 0.05) is 12.1 Å². The van der Waals surface area contributed by atoms with E-state index in [9.17, 15) is 4.79 Å². The van der Waals surface area contributed by atoms with E-state index in [2.05, 4.69) is 22.8 Å². The second-order valence-corrected chi connectivity index (χ2v) is 5.66. The first kappa shape index (κ1) is 15.3. The van der Waals surface area contributed by atoms with Gasteiger partial charge in [-0.3, -0.25) is 0 Å². The molecule has 2 aliphatic heterocycles.